The van der Waals surface area contributed by atoms with Crippen molar-refractivity contribution in [2.75, 3.05) is 5.73 Å². The number of ether oxygens (including phenoxy) is 2. The van der Waals surface area contributed by atoms with E-state index in [0.717, 1.165) is 16.3 Å². The second-order valence-electron chi connectivity index (χ2n) is 7.35. The zero-order valence-corrected chi connectivity index (χ0v) is 17.1. The lowest BCUT2D eigenvalue weighted by Crippen LogP contribution is -1.93. The molecule has 0 amide bonds. The van der Waals surface area contributed by atoms with E-state index in [1.165, 1.54) is 6.07 Å². The highest BCUT2D eigenvalue weighted by Gasteiger charge is 2.13. The summed E-state index contributed by atoms with van der Waals surface area (Å²) in [7, 11) is 0. The first kappa shape index (κ1) is 19.4. The number of aromatic hydroxyl groups is 2. The zero-order chi connectivity index (χ0) is 22.2. The number of phenols is 2. The van der Waals surface area contributed by atoms with Crippen molar-refractivity contribution in [3.8, 4) is 34.5 Å². The molecule has 0 spiro atoms. The average molecular weight is 425 g/mol. The molecule has 3 aromatic carbocycles. The minimum absolute atomic E-state index is 0.0445. The highest BCUT2D eigenvalue weighted by Crippen LogP contribution is 2.37. The molecular formula is C25H19N3O4. The van der Waals surface area contributed by atoms with Crippen LogP contribution in [0, 0.1) is 6.92 Å². The summed E-state index contributed by atoms with van der Waals surface area (Å²) in [6.07, 6.45) is 3.29. The average Bonchev–Trinajstić information content (AvgIpc) is 2.79. The topological polar surface area (TPSA) is 111 Å². The summed E-state index contributed by atoms with van der Waals surface area (Å²) < 4.78 is 12.0. The van der Waals surface area contributed by atoms with Gasteiger partial charge in [0, 0.05) is 35.3 Å². The van der Waals surface area contributed by atoms with Gasteiger partial charge >= 0.3 is 0 Å². The van der Waals surface area contributed by atoms with E-state index in [2.05, 4.69) is 9.97 Å². The number of pyridine rings is 2. The molecule has 0 aliphatic carbocycles. The fraction of sp³-hybridized carbons (Fsp3) is 0.0400. The maximum atomic E-state index is 9.98. The summed E-state index contributed by atoms with van der Waals surface area (Å²) >= 11 is 0. The number of anilines is 1. The van der Waals surface area contributed by atoms with Crippen LogP contribution in [0.1, 0.15) is 5.56 Å². The highest BCUT2D eigenvalue weighted by molar-refractivity contribution is 6.06. The Morgan fingerprint density at radius 3 is 1.75 bits per heavy atom. The van der Waals surface area contributed by atoms with Crippen LogP contribution in [0.3, 0.4) is 0 Å². The standard InChI is InChI=1S/C25H19N3O4/c1-14-2-3-15(12-20(14)29)31-22-8-10-27-24-17(22)5-6-18-23(9-11-28-25(18)24)32-16-4-7-19(26)21(30)13-16/h2-13,29-30H,26H2,1H3. The van der Waals surface area contributed by atoms with Gasteiger partial charge < -0.3 is 25.4 Å². The van der Waals surface area contributed by atoms with Crippen molar-refractivity contribution in [3.05, 3.63) is 78.6 Å². The fourth-order valence-electron chi connectivity index (χ4n) is 3.45. The normalized spacial score (nSPS) is 11.0. The first-order chi connectivity index (χ1) is 15.5. The second-order valence-corrected chi connectivity index (χ2v) is 7.35. The number of phenolic OH excluding ortho intramolecular Hbond substituents is 2. The Labute approximate surface area is 183 Å². The highest BCUT2D eigenvalue weighted by atomic mass is 16.5. The third kappa shape index (κ3) is 3.45. The first-order valence-corrected chi connectivity index (χ1v) is 9.90. The third-order valence-corrected chi connectivity index (χ3v) is 5.18. The number of aryl methyl sites for hydroxylation is 1. The van der Waals surface area contributed by atoms with Crippen molar-refractivity contribution >= 4 is 27.5 Å². The second kappa shape index (κ2) is 7.63. The quantitative estimate of drug-likeness (QED) is 0.193. The van der Waals surface area contributed by atoms with Crippen LogP contribution in [0.25, 0.3) is 21.8 Å². The Hall–Kier alpha value is -4.52. The van der Waals surface area contributed by atoms with Crippen LogP contribution in [-0.2, 0) is 0 Å². The molecule has 0 saturated carbocycles. The van der Waals surface area contributed by atoms with Gasteiger partial charge in [-0.05, 0) is 55.0 Å². The number of rotatable bonds is 4. The van der Waals surface area contributed by atoms with Gasteiger partial charge in [-0.3, -0.25) is 9.97 Å². The fourth-order valence-corrected chi connectivity index (χ4v) is 3.45. The molecule has 5 aromatic rings. The molecule has 7 heteroatoms. The Kier molecular flexibility index (Phi) is 4.63. The van der Waals surface area contributed by atoms with Crippen LogP contribution < -0.4 is 15.2 Å². The van der Waals surface area contributed by atoms with Crippen molar-refractivity contribution in [3.63, 3.8) is 0 Å². The number of fused-ring (bicyclic) bond motifs is 3. The molecule has 0 atom stereocenters. The summed E-state index contributed by atoms with van der Waals surface area (Å²) in [5.74, 6) is 2.26. The zero-order valence-electron chi connectivity index (χ0n) is 17.1. The molecule has 0 aliphatic heterocycles. The van der Waals surface area contributed by atoms with Crippen molar-refractivity contribution in [2.45, 2.75) is 6.92 Å². The summed E-state index contributed by atoms with van der Waals surface area (Å²) in [5, 5.41) is 21.4. The van der Waals surface area contributed by atoms with E-state index in [9.17, 15) is 10.2 Å². The molecule has 158 valence electrons. The number of nitrogen functional groups attached to an aromatic ring is 1. The maximum absolute atomic E-state index is 9.98. The number of aromatic nitrogens is 2. The first-order valence-electron chi connectivity index (χ1n) is 9.90. The van der Waals surface area contributed by atoms with Gasteiger partial charge in [0.25, 0.3) is 0 Å². The lowest BCUT2D eigenvalue weighted by molar-refractivity contribution is 0.454. The molecule has 2 aromatic heterocycles. The minimum atomic E-state index is -0.0445. The summed E-state index contributed by atoms with van der Waals surface area (Å²) in [6, 6.07) is 17.2. The largest absolute Gasteiger partial charge is 0.508 e. The monoisotopic (exact) mass is 425 g/mol. The van der Waals surface area contributed by atoms with Crippen LogP contribution in [0.15, 0.2) is 73.1 Å². The van der Waals surface area contributed by atoms with Crippen molar-refractivity contribution in [2.24, 2.45) is 0 Å². The molecule has 0 unspecified atom stereocenters. The van der Waals surface area contributed by atoms with Crippen molar-refractivity contribution in [1.29, 1.82) is 0 Å². The van der Waals surface area contributed by atoms with E-state index in [1.54, 1.807) is 54.9 Å². The number of benzene rings is 3. The Balaban J connectivity index is 1.58. The summed E-state index contributed by atoms with van der Waals surface area (Å²) in [5.41, 5.74) is 8.03. The van der Waals surface area contributed by atoms with E-state index in [-0.39, 0.29) is 17.2 Å². The van der Waals surface area contributed by atoms with Crippen LogP contribution in [0.2, 0.25) is 0 Å². The number of hydrogen-bond donors (Lipinski definition) is 3. The summed E-state index contributed by atoms with van der Waals surface area (Å²) in [4.78, 5) is 9.02. The predicted molar refractivity (Wildman–Crippen MR) is 123 cm³/mol. The van der Waals surface area contributed by atoms with Crippen LogP contribution in [-0.4, -0.2) is 20.2 Å². The van der Waals surface area contributed by atoms with Gasteiger partial charge in [0.1, 0.15) is 45.5 Å². The van der Waals surface area contributed by atoms with Crippen LogP contribution in [0.4, 0.5) is 5.69 Å². The van der Waals surface area contributed by atoms with Gasteiger partial charge in [0.2, 0.25) is 0 Å². The SMILES string of the molecule is Cc1ccc(Oc2ccnc3c2ccc2c(Oc4ccc(N)c(O)c4)ccnc23)cc1O. The lowest BCUT2D eigenvalue weighted by atomic mass is 10.1. The van der Waals surface area contributed by atoms with Gasteiger partial charge in [-0.1, -0.05) is 6.07 Å². The molecule has 32 heavy (non-hydrogen) atoms. The number of hydrogen-bond acceptors (Lipinski definition) is 7. The maximum Gasteiger partial charge on any atom is 0.142 e. The van der Waals surface area contributed by atoms with Crippen LogP contribution >= 0.6 is 0 Å². The minimum Gasteiger partial charge on any atom is -0.508 e. The van der Waals surface area contributed by atoms with Gasteiger partial charge in [-0.2, -0.15) is 0 Å². The van der Waals surface area contributed by atoms with E-state index >= 15 is 0 Å². The van der Waals surface area contributed by atoms with Gasteiger partial charge in [-0.25, -0.2) is 0 Å². The molecule has 7 nitrogen and oxygen atoms in total. The van der Waals surface area contributed by atoms with Crippen molar-refractivity contribution < 1.29 is 19.7 Å². The molecular weight excluding hydrogens is 406 g/mol. The molecule has 0 radical (unpaired) electrons. The molecule has 0 aliphatic rings. The molecule has 5 rings (SSSR count). The number of nitrogens with zero attached hydrogens (tertiary/aromatic N) is 2. The molecule has 0 saturated heterocycles. The van der Waals surface area contributed by atoms with E-state index in [1.807, 2.05) is 19.1 Å². The molecule has 4 N–H and O–H groups in total. The number of nitrogens with two attached hydrogens (primary N) is 1. The Bertz CT molecular complexity index is 1370. The van der Waals surface area contributed by atoms with Gasteiger partial charge in [-0.15, -0.1) is 0 Å². The van der Waals surface area contributed by atoms with Gasteiger partial charge in [0.15, 0.2) is 0 Å². The Morgan fingerprint density at radius 1 is 0.688 bits per heavy atom. The molecule has 0 fully saturated rings. The van der Waals surface area contributed by atoms with E-state index in [0.29, 0.717) is 34.0 Å². The molecule has 2 heterocycles. The Morgan fingerprint density at radius 2 is 1.22 bits per heavy atom. The molecule has 0 bridgehead atoms. The smallest absolute Gasteiger partial charge is 0.142 e. The summed E-state index contributed by atoms with van der Waals surface area (Å²) in [6.45, 7) is 1.82. The lowest BCUT2D eigenvalue weighted by Gasteiger charge is -2.13. The van der Waals surface area contributed by atoms with Crippen LogP contribution in [0.5, 0.6) is 34.5 Å². The van der Waals surface area contributed by atoms with Gasteiger partial charge in [0.05, 0.1) is 5.69 Å². The van der Waals surface area contributed by atoms with E-state index in [4.69, 9.17) is 15.2 Å². The van der Waals surface area contributed by atoms with E-state index < -0.39 is 0 Å². The predicted octanol–water partition coefficient (Wildman–Crippen LogP) is 5.67. The van der Waals surface area contributed by atoms with Crippen molar-refractivity contribution in [1.82, 2.24) is 9.97 Å². The third-order valence-electron chi connectivity index (χ3n) is 5.18.